The van der Waals surface area contributed by atoms with Crippen molar-refractivity contribution in [1.82, 2.24) is 15.5 Å². The Kier molecular flexibility index (Phi) is 13.0. The number of amides is 3. The molecular weight excluding hydrogens is 738 g/mol. The van der Waals surface area contributed by atoms with E-state index in [1.165, 1.54) is 47.0 Å². The van der Waals surface area contributed by atoms with E-state index in [2.05, 4.69) is 24.1 Å². The van der Waals surface area contributed by atoms with Crippen LogP contribution in [0.25, 0.3) is 11.1 Å². The second kappa shape index (κ2) is 15.4. The van der Waals surface area contributed by atoms with Crippen molar-refractivity contribution in [3.63, 3.8) is 0 Å². The molecule has 1 saturated heterocycles. The van der Waals surface area contributed by atoms with Gasteiger partial charge in [-0.2, -0.15) is 6.10 Å². The van der Waals surface area contributed by atoms with Crippen LogP contribution in [0.15, 0.2) is 54.5 Å². The first kappa shape index (κ1) is 32.0. The maximum absolute atomic E-state index is 14.0. The number of thioether (sulfide) groups is 1. The van der Waals surface area contributed by atoms with Crippen LogP contribution in [-0.2, 0) is 14.3 Å². The van der Waals surface area contributed by atoms with Crippen LogP contribution in [0.4, 0.5) is 8.78 Å². The van der Waals surface area contributed by atoms with E-state index in [4.69, 9.17) is 4.74 Å². The third-order valence-corrected chi connectivity index (χ3v) is 6.64. The topological polar surface area (TPSA) is 87.7 Å². The van der Waals surface area contributed by atoms with Crippen LogP contribution >= 0.6 is 11.8 Å². The van der Waals surface area contributed by atoms with Crippen molar-refractivity contribution in [2.24, 2.45) is 0 Å². The fourth-order valence-electron chi connectivity index (χ4n) is 3.91. The summed E-state index contributed by atoms with van der Waals surface area (Å²) in [6, 6.07) is 8.43. The van der Waals surface area contributed by atoms with Gasteiger partial charge in [0, 0.05) is 29.0 Å². The third-order valence-electron chi connectivity index (χ3n) is 5.72. The van der Waals surface area contributed by atoms with Crippen LogP contribution in [0.2, 0.25) is 0 Å². The molecule has 0 radical (unpaired) electrons. The molecule has 0 spiro atoms. The van der Waals surface area contributed by atoms with Gasteiger partial charge in [0.05, 0.1) is 12.6 Å². The van der Waals surface area contributed by atoms with Crippen molar-refractivity contribution in [3.05, 3.63) is 84.7 Å². The second-order valence-electron chi connectivity index (χ2n) is 8.42. The van der Waals surface area contributed by atoms with Gasteiger partial charge >= 0.3 is 31.1 Å². The van der Waals surface area contributed by atoms with E-state index in [0.717, 1.165) is 12.1 Å². The molecule has 0 aliphatic carbocycles. The summed E-state index contributed by atoms with van der Waals surface area (Å²) < 4.78 is 32.7. The first-order chi connectivity index (χ1) is 17.7. The Morgan fingerprint density at radius 3 is 2.61 bits per heavy atom. The number of carbonyl (C=O) groups is 3. The molecule has 0 aromatic heterocycles. The van der Waals surface area contributed by atoms with E-state index in [-0.39, 0.29) is 80.3 Å². The molecule has 7 nitrogen and oxygen atoms in total. The number of halogens is 2. The van der Waals surface area contributed by atoms with Crippen molar-refractivity contribution >= 4 is 29.5 Å². The minimum atomic E-state index is -0.757. The Bertz CT molecular complexity index is 1140. The molecule has 1 fully saturated rings. The van der Waals surface area contributed by atoms with E-state index >= 15 is 0 Å². The predicted molar refractivity (Wildman–Crippen MR) is 139 cm³/mol. The first-order valence-corrected chi connectivity index (χ1v) is 12.7. The van der Waals surface area contributed by atoms with Crippen LogP contribution < -0.4 is 10.6 Å². The minimum Gasteiger partial charge on any atom is -0.573 e. The Hall–Kier alpha value is -2.19. The normalized spacial score (nSPS) is 15.9. The number of nitrogens with zero attached hydrogens (tertiary/aromatic N) is 1. The maximum atomic E-state index is 14.0. The average molecular weight is 768 g/mol. The zero-order chi connectivity index (χ0) is 26.9. The van der Waals surface area contributed by atoms with Gasteiger partial charge in [-0.1, -0.05) is 25.3 Å². The molecule has 1 unspecified atom stereocenters. The molecule has 38 heavy (non-hydrogen) atoms. The quantitative estimate of drug-likeness (QED) is 0.341. The number of hydrogen-bond donors (Lipinski definition) is 2. The molecule has 2 N–H and O–H groups in total. The molecule has 2 atom stereocenters. The summed E-state index contributed by atoms with van der Waals surface area (Å²) in [6.45, 7) is 9.14. The van der Waals surface area contributed by atoms with E-state index in [0.29, 0.717) is 17.4 Å². The number of carbonyl (C=O) groups excluding carboxylic acids is 3. The molecule has 0 bridgehead atoms. The maximum Gasteiger partial charge on any atom is 2.00 e. The fourth-order valence-corrected chi connectivity index (χ4v) is 4.42. The van der Waals surface area contributed by atoms with Crippen molar-refractivity contribution in [2.75, 3.05) is 25.4 Å². The van der Waals surface area contributed by atoms with Crippen LogP contribution in [0.5, 0.6) is 0 Å². The van der Waals surface area contributed by atoms with Gasteiger partial charge in [0.25, 0.3) is 5.91 Å². The largest absolute Gasteiger partial charge is 2.00 e. The zero-order valence-corrected chi connectivity index (χ0v) is 25.9. The Morgan fingerprint density at radius 2 is 1.97 bits per heavy atom. The summed E-state index contributed by atoms with van der Waals surface area (Å²) in [5.41, 5.74) is 0.942. The van der Waals surface area contributed by atoms with Crippen molar-refractivity contribution in [3.8, 4) is 11.1 Å². The van der Waals surface area contributed by atoms with E-state index in [1.807, 2.05) is 6.92 Å². The molecule has 2 aromatic rings. The predicted octanol–water partition coefficient (Wildman–Crippen LogP) is 3.73. The molecule has 3 rings (SSSR count). The van der Waals surface area contributed by atoms with E-state index in [1.54, 1.807) is 5.41 Å². The summed E-state index contributed by atoms with van der Waals surface area (Å²) in [6.07, 6.45) is 0.829. The molecule has 3 amide bonds. The summed E-state index contributed by atoms with van der Waals surface area (Å²) in [4.78, 5) is 39.8. The van der Waals surface area contributed by atoms with Gasteiger partial charge in [0.15, 0.2) is 0 Å². The SMILES string of the molecule is C=CSCC(C)NC(=O)[C@@H]1C[C-](OC[CH2-])CN1C(=O)CNC(=O)c1ccc(-c2ccc(F)cc2F)cc1.[U+2]. The molecular formula is C27H29F2N3O4SU. The smallest absolute Gasteiger partial charge is 0.573 e. The van der Waals surface area contributed by atoms with Crippen LogP contribution in [0, 0.1) is 55.8 Å². The number of rotatable bonds is 11. The fraction of sp³-hybridized carbons (Fsp3) is 0.296. The van der Waals surface area contributed by atoms with Crippen molar-refractivity contribution in [2.45, 2.75) is 25.4 Å². The summed E-state index contributed by atoms with van der Waals surface area (Å²) in [5, 5.41) is 7.16. The molecule has 1 aliphatic rings. The standard InChI is InChI=1S/C27H29F2N3O4S.U/c1-4-36-21-13-24(27(35)31-17(3)16-37-5-2)32(15-21)25(33)14-30-26(34)19-8-6-18(7-9-19)22-11-10-20(28)12-23(22)29;/h5-12,17,24H,1-2,4,13-16H2,3H3,(H,30,34)(H,31,35);/q-2;+2/t17?,24-;/m0./s1. The number of likely N-dealkylation sites (tertiary alicyclic amines) is 1. The third kappa shape index (κ3) is 8.67. The van der Waals surface area contributed by atoms with Gasteiger partial charge in [-0.15, -0.1) is 24.8 Å². The number of benzene rings is 2. The van der Waals surface area contributed by atoms with Crippen LogP contribution in [0.3, 0.4) is 0 Å². The van der Waals surface area contributed by atoms with Gasteiger partial charge in [-0.25, -0.2) is 8.78 Å². The first-order valence-electron chi connectivity index (χ1n) is 11.7. The van der Waals surface area contributed by atoms with Crippen LogP contribution in [-0.4, -0.2) is 60.2 Å². The molecule has 2 aromatic carbocycles. The van der Waals surface area contributed by atoms with Crippen molar-refractivity contribution in [1.29, 1.82) is 0 Å². The summed E-state index contributed by atoms with van der Waals surface area (Å²) in [7, 11) is 0. The Labute approximate surface area is 249 Å². The molecule has 200 valence electrons. The summed E-state index contributed by atoms with van der Waals surface area (Å²) in [5.74, 6) is -1.99. The number of ether oxygens (including phenoxy) is 1. The van der Waals surface area contributed by atoms with Gasteiger partial charge < -0.3 is 27.2 Å². The molecule has 0 saturated carbocycles. The number of nitrogens with one attached hydrogen (secondary N) is 2. The average Bonchev–Trinajstić information content (AvgIpc) is 3.30. The summed E-state index contributed by atoms with van der Waals surface area (Å²) >= 11 is 1.48. The minimum absolute atomic E-state index is 0. The molecule has 11 heteroatoms. The Morgan fingerprint density at radius 1 is 1.26 bits per heavy atom. The van der Waals surface area contributed by atoms with Crippen LogP contribution in [0.1, 0.15) is 23.7 Å². The monoisotopic (exact) mass is 767 g/mol. The Balaban J connectivity index is 0.00000507. The van der Waals surface area contributed by atoms with E-state index < -0.39 is 29.5 Å². The molecule has 1 aliphatic heterocycles. The van der Waals surface area contributed by atoms with Gasteiger partial charge in [-0.3, -0.25) is 14.4 Å². The van der Waals surface area contributed by atoms with Crippen molar-refractivity contribution < 1.29 is 59.0 Å². The van der Waals surface area contributed by atoms with Gasteiger partial charge in [-0.05, 0) is 42.2 Å². The van der Waals surface area contributed by atoms with Gasteiger partial charge in [0.2, 0.25) is 11.8 Å². The van der Waals surface area contributed by atoms with E-state index in [9.17, 15) is 23.2 Å². The zero-order valence-electron chi connectivity index (χ0n) is 21.0. The molecule has 1 heterocycles. The number of hydrogen-bond acceptors (Lipinski definition) is 5. The second-order valence-corrected chi connectivity index (χ2v) is 9.42. The van der Waals surface area contributed by atoms with Gasteiger partial charge in [0.1, 0.15) is 11.6 Å².